The van der Waals surface area contributed by atoms with Gasteiger partial charge < -0.3 is 10.3 Å². The maximum atomic E-state index is 3.52. The van der Waals surface area contributed by atoms with Gasteiger partial charge in [0.15, 0.2) is 0 Å². The Hall–Kier alpha value is -1.28. The lowest BCUT2D eigenvalue weighted by molar-refractivity contribution is 0.462. The van der Waals surface area contributed by atoms with E-state index in [1.54, 1.807) is 0 Å². The minimum absolute atomic E-state index is 0.733. The number of H-pyrrole nitrogens is 1. The molecule has 1 fully saturated rings. The Bertz CT molecular complexity index is 521. The minimum Gasteiger partial charge on any atom is -0.361 e. The van der Waals surface area contributed by atoms with Crippen LogP contribution in [0.2, 0.25) is 0 Å². The van der Waals surface area contributed by atoms with Gasteiger partial charge in [0.1, 0.15) is 0 Å². The van der Waals surface area contributed by atoms with Crippen LogP contribution in [0.5, 0.6) is 0 Å². The molecule has 1 aliphatic rings. The first-order valence-electron chi connectivity index (χ1n) is 7.19. The molecule has 1 aromatic heterocycles. The predicted molar refractivity (Wildman–Crippen MR) is 77.1 cm³/mol. The number of fused-ring (bicyclic) bond motifs is 1. The van der Waals surface area contributed by atoms with Gasteiger partial charge >= 0.3 is 0 Å². The molecule has 0 spiro atoms. The van der Waals surface area contributed by atoms with Crippen molar-refractivity contribution in [3.05, 3.63) is 35.5 Å². The molecule has 3 rings (SSSR count). The monoisotopic (exact) mass is 242 g/mol. The van der Waals surface area contributed by atoms with E-state index >= 15 is 0 Å². The normalized spacial score (nSPS) is 17.4. The van der Waals surface area contributed by atoms with Crippen LogP contribution in [0.25, 0.3) is 10.9 Å². The first-order chi connectivity index (χ1) is 8.90. The van der Waals surface area contributed by atoms with Crippen molar-refractivity contribution < 1.29 is 0 Å². The second-order valence-corrected chi connectivity index (χ2v) is 5.36. The molecule has 18 heavy (non-hydrogen) atoms. The Labute approximate surface area is 109 Å². The second kappa shape index (κ2) is 5.15. The lowest BCUT2D eigenvalue weighted by Crippen LogP contribution is -2.26. The molecule has 2 heterocycles. The molecule has 0 bridgehead atoms. The van der Waals surface area contributed by atoms with Crippen molar-refractivity contribution in [2.75, 3.05) is 13.1 Å². The number of aromatic nitrogens is 1. The van der Waals surface area contributed by atoms with Gasteiger partial charge in [0.05, 0.1) is 0 Å². The molecule has 0 radical (unpaired) electrons. The van der Waals surface area contributed by atoms with Crippen LogP contribution in [-0.2, 0) is 6.42 Å². The Morgan fingerprint density at radius 2 is 2.06 bits per heavy atom. The quantitative estimate of drug-likeness (QED) is 0.846. The van der Waals surface area contributed by atoms with E-state index in [9.17, 15) is 0 Å². The summed E-state index contributed by atoms with van der Waals surface area (Å²) in [4.78, 5) is 3.52. The summed E-state index contributed by atoms with van der Waals surface area (Å²) in [5.74, 6) is 0.733. The average molecular weight is 242 g/mol. The van der Waals surface area contributed by atoms with Crippen molar-refractivity contribution >= 4 is 10.9 Å². The van der Waals surface area contributed by atoms with Gasteiger partial charge in [0.2, 0.25) is 0 Å². The van der Waals surface area contributed by atoms with Crippen molar-refractivity contribution in [2.45, 2.75) is 38.5 Å². The molecule has 2 N–H and O–H groups in total. The number of rotatable bonds is 3. The van der Waals surface area contributed by atoms with E-state index in [1.807, 2.05) is 0 Å². The Morgan fingerprint density at radius 1 is 1.22 bits per heavy atom. The van der Waals surface area contributed by atoms with Gasteiger partial charge in [0.25, 0.3) is 0 Å². The summed E-state index contributed by atoms with van der Waals surface area (Å²) in [6.45, 7) is 4.56. The molecule has 2 nitrogen and oxygen atoms in total. The fourth-order valence-corrected chi connectivity index (χ4v) is 3.19. The molecule has 2 heteroatoms. The highest BCUT2D eigenvalue weighted by molar-refractivity contribution is 5.86. The number of para-hydroxylation sites is 1. The lowest BCUT2D eigenvalue weighted by Gasteiger charge is -2.22. The van der Waals surface area contributed by atoms with Crippen LogP contribution in [0.1, 0.15) is 43.2 Å². The van der Waals surface area contributed by atoms with E-state index in [-0.39, 0.29) is 0 Å². The highest BCUT2D eigenvalue weighted by Crippen LogP contribution is 2.32. The van der Waals surface area contributed by atoms with Gasteiger partial charge in [-0.05, 0) is 49.4 Å². The molecule has 0 saturated carbocycles. The zero-order valence-corrected chi connectivity index (χ0v) is 11.1. The molecule has 1 aliphatic heterocycles. The highest BCUT2D eigenvalue weighted by Gasteiger charge is 2.18. The number of aryl methyl sites for hydroxylation is 1. The van der Waals surface area contributed by atoms with Gasteiger partial charge in [-0.15, -0.1) is 0 Å². The summed E-state index contributed by atoms with van der Waals surface area (Å²) >= 11 is 0. The average Bonchev–Trinajstić information content (AvgIpc) is 2.85. The number of hydrogen-bond acceptors (Lipinski definition) is 1. The Morgan fingerprint density at radius 3 is 2.83 bits per heavy atom. The number of piperidine rings is 1. The molecule has 2 aromatic rings. The summed E-state index contributed by atoms with van der Waals surface area (Å²) in [7, 11) is 0. The van der Waals surface area contributed by atoms with Crippen molar-refractivity contribution in [3.63, 3.8) is 0 Å². The van der Waals surface area contributed by atoms with Crippen LogP contribution in [0.4, 0.5) is 0 Å². The number of nitrogens with one attached hydrogen (secondary N) is 2. The highest BCUT2D eigenvalue weighted by atomic mass is 14.9. The molecular formula is C16H22N2. The maximum absolute atomic E-state index is 3.52. The first kappa shape index (κ1) is 11.8. The zero-order valence-electron chi connectivity index (χ0n) is 11.1. The topological polar surface area (TPSA) is 27.8 Å². The van der Waals surface area contributed by atoms with Gasteiger partial charge in [-0.1, -0.05) is 31.5 Å². The third-order valence-corrected chi connectivity index (χ3v) is 4.13. The number of hydrogen-bond donors (Lipinski definition) is 2. The predicted octanol–water partition coefficient (Wildman–Crippen LogP) is 3.59. The van der Waals surface area contributed by atoms with Crippen LogP contribution in [0.15, 0.2) is 24.4 Å². The molecule has 1 saturated heterocycles. The van der Waals surface area contributed by atoms with Crippen LogP contribution in [0, 0.1) is 0 Å². The van der Waals surface area contributed by atoms with Crippen molar-refractivity contribution in [1.82, 2.24) is 10.3 Å². The summed E-state index contributed by atoms with van der Waals surface area (Å²) in [5, 5.41) is 4.90. The molecule has 96 valence electrons. The standard InChI is InChI=1S/C16H22N2/c1-2-4-13-5-3-6-14-15(11-18-16(13)14)12-7-9-17-10-8-12/h3,5-6,11-12,17-18H,2,4,7-10H2,1H3. The van der Waals surface area contributed by atoms with Gasteiger partial charge in [0, 0.05) is 17.1 Å². The Balaban J connectivity index is 2.00. The van der Waals surface area contributed by atoms with E-state index in [0.29, 0.717) is 0 Å². The molecule has 0 unspecified atom stereocenters. The summed E-state index contributed by atoms with van der Waals surface area (Å²) < 4.78 is 0. The molecule has 0 amide bonds. The molecule has 1 aromatic carbocycles. The van der Waals surface area contributed by atoms with E-state index in [2.05, 4.69) is 41.6 Å². The van der Waals surface area contributed by atoms with Gasteiger partial charge in [-0.25, -0.2) is 0 Å². The molecular weight excluding hydrogens is 220 g/mol. The van der Waals surface area contributed by atoms with E-state index in [4.69, 9.17) is 0 Å². The third-order valence-electron chi connectivity index (χ3n) is 4.13. The van der Waals surface area contributed by atoms with E-state index < -0.39 is 0 Å². The smallest absolute Gasteiger partial charge is 0.0489 e. The minimum atomic E-state index is 0.733. The van der Waals surface area contributed by atoms with Crippen molar-refractivity contribution in [2.24, 2.45) is 0 Å². The van der Waals surface area contributed by atoms with Gasteiger partial charge in [-0.3, -0.25) is 0 Å². The Kier molecular flexibility index (Phi) is 3.37. The van der Waals surface area contributed by atoms with Crippen LogP contribution < -0.4 is 5.32 Å². The number of benzene rings is 1. The molecule has 0 atom stereocenters. The van der Waals surface area contributed by atoms with Crippen LogP contribution >= 0.6 is 0 Å². The second-order valence-electron chi connectivity index (χ2n) is 5.36. The fraction of sp³-hybridized carbons (Fsp3) is 0.500. The van der Waals surface area contributed by atoms with Crippen molar-refractivity contribution in [1.29, 1.82) is 0 Å². The summed E-state index contributed by atoms with van der Waals surface area (Å²) in [6, 6.07) is 6.75. The maximum Gasteiger partial charge on any atom is 0.0489 e. The van der Waals surface area contributed by atoms with Crippen LogP contribution in [0.3, 0.4) is 0 Å². The van der Waals surface area contributed by atoms with Crippen LogP contribution in [-0.4, -0.2) is 18.1 Å². The molecule has 0 aliphatic carbocycles. The summed E-state index contributed by atoms with van der Waals surface area (Å²) in [5.41, 5.74) is 4.37. The van der Waals surface area contributed by atoms with E-state index in [1.165, 1.54) is 47.7 Å². The fourth-order valence-electron chi connectivity index (χ4n) is 3.19. The third kappa shape index (κ3) is 2.05. The zero-order chi connectivity index (χ0) is 12.4. The SMILES string of the molecule is CCCc1cccc2c(C3CCNCC3)c[nH]c12. The van der Waals surface area contributed by atoms with E-state index in [0.717, 1.165) is 19.0 Å². The number of aromatic amines is 1. The first-order valence-corrected chi connectivity index (χ1v) is 7.19. The lowest BCUT2D eigenvalue weighted by atomic mass is 9.89. The van der Waals surface area contributed by atoms with Gasteiger partial charge in [-0.2, -0.15) is 0 Å². The van der Waals surface area contributed by atoms with Crippen molar-refractivity contribution in [3.8, 4) is 0 Å². The summed E-state index contributed by atoms with van der Waals surface area (Å²) in [6.07, 6.45) is 7.17. The largest absolute Gasteiger partial charge is 0.361 e.